The number of hydrogen-bond donors (Lipinski definition) is 3. The normalized spacial score (nSPS) is 10.4. The zero-order chi connectivity index (χ0) is 24.7. The van der Waals surface area contributed by atoms with E-state index >= 15 is 0 Å². The maximum Gasteiger partial charge on any atom is 0.255 e. The number of nitrogens with one attached hydrogen (secondary N) is 2. The highest BCUT2D eigenvalue weighted by molar-refractivity contribution is 6.05. The number of para-hydroxylation sites is 1. The Labute approximate surface area is 207 Å². The molecule has 4 N–H and O–H groups in total. The molecule has 2 aromatic heterocycles. The van der Waals surface area contributed by atoms with Gasteiger partial charge in [0.25, 0.3) is 5.91 Å². The van der Waals surface area contributed by atoms with Crippen LogP contribution in [0, 0.1) is 0 Å². The Morgan fingerprint density at radius 3 is 2.39 bits per heavy atom. The number of nitrogens with zero attached hydrogens (tertiary/aromatic N) is 4. The summed E-state index contributed by atoms with van der Waals surface area (Å²) >= 11 is 0. The van der Waals surface area contributed by atoms with Crippen LogP contribution in [-0.4, -0.2) is 25.8 Å². The van der Waals surface area contributed by atoms with E-state index in [9.17, 15) is 4.79 Å². The number of carbonyl (C=O) groups excluding carboxylic acids is 1. The topological polar surface area (TPSA) is 128 Å². The van der Waals surface area contributed by atoms with E-state index in [-0.39, 0.29) is 11.9 Å². The van der Waals surface area contributed by atoms with Gasteiger partial charge in [0.2, 0.25) is 5.95 Å². The molecule has 9 nitrogen and oxygen atoms in total. The zero-order valence-corrected chi connectivity index (χ0v) is 19.0. The minimum absolute atomic E-state index is 0.119. The van der Waals surface area contributed by atoms with Gasteiger partial charge in [0.15, 0.2) is 5.82 Å². The van der Waals surface area contributed by atoms with Gasteiger partial charge in [-0.05, 0) is 66.7 Å². The van der Waals surface area contributed by atoms with Crippen LogP contribution >= 0.6 is 0 Å². The van der Waals surface area contributed by atoms with Gasteiger partial charge < -0.3 is 21.1 Å². The van der Waals surface area contributed by atoms with Crippen molar-refractivity contribution >= 4 is 29.0 Å². The van der Waals surface area contributed by atoms with Crippen molar-refractivity contribution in [1.29, 1.82) is 0 Å². The summed E-state index contributed by atoms with van der Waals surface area (Å²) in [5, 5.41) is 6.14. The molecule has 176 valence electrons. The van der Waals surface area contributed by atoms with E-state index in [1.807, 2.05) is 42.5 Å². The number of anilines is 4. The second kappa shape index (κ2) is 10.3. The highest BCUT2D eigenvalue weighted by Crippen LogP contribution is 2.27. The highest BCUT2D eigenvalue weighted by atomic mass is 16.5. The molecule has 5 rings (SSSR count). The van der Waals surface area contributed by atoms with E-state index in [1.165, 1.54) is 6.33 Å². The molecule has 0 spiro atoms. The third kappa shape index (κ3) is 5.42. The number of carbonyl (C=O) groups is 1. The lowest BCUT2D eigenvalue weighted by atomic mass is 10.1. The zero-order valence-electron chi connectivity index (χ0n) is 19.0. The van der Waals surface area contributed by atoms with E-state index in [2.05, 4.69) is 30.6 Å². The number of rotatable bonds is 7. The number of ether oxygens (including phenoxy) is 1. The van der Waals surface area contributed by atoms with Crippen molar-refractivity contribution in [2.75, 3.05) is 16.4 Å². The minimum Gasteiger partial charge on any atom is -0.457 e. The van der Waals surface area contributed by atoms with Crippen molar-refractivity contribution in [3.05, 3.63) is 109 Å². The van der Waals surface area contributed by atoms with Crippen molar-refractivity contribution in [2.24, 2.45) is 0 Å². The molecule has 0 bridgehead atoms. The van der Waals surface area contributed by atoms with E-state index < -0.39 is 0 Å². The van der Waals surface area contributed by atoms with Gasteiger partial charge in [-0.1, -0.05) is 24.3 Å². The van der Waals surface area contributed by atoms with Crippen LogP contribution in [0.15, 0.2) is 104 Å². The Kier molecular flexibility index (Phi) is 6.44. The number of benzene rings is 3. The average Bonchev–Trinajstić information content (AvgIpc) is 2.91. The summed E-state index contributed by atoms with van der Waals surface area (Å²) in [6.07, 6.45) is 3.00. The lowest BCUT2D eigenvalue weighted by Gasteiger charge is -2.12. The summed E-state index contributed by atoms with van der Waals surface area (Å²) in [5.41, 5.74) is 8.16. The van der Waals surface area contributed by atoms with Crippen LogP contribution in [0.25, 0.3) is 11.4 Å². The van der Waals surface area contributed by atoms with Crippen molar-refractivity contribution < 1.29 is 9.53 Å². The summed E-state index contributed by atoms with van der Waals surface area (Å²) in [6.45, 7) is 0. The maximum absolute atomic E-state index is 12.9. The van der Waals surface area contributed by atoms with Crippen LogP contribution in [0.1, 0.15) is 10.4 Å². The highest BCUT2D eigenvalue weighted by Gasteiger charge is 2.12. The van der Waals surface area contributed by atoms with Gasteiger partial charge in [0, 0.05) is 23.1 Å². The van der Waals surface area contributed by atoms with Gasteiger partial charge in [0.05, 0.1) is 5.56 Å². The first kappa shape index (κ1) is 22.5. The minimum atomic E-state index is -0.248. The molecule has 0 radical (unpaired) electrons. The molecule has 0 saturated heterocycles. The van der Waals surface area contributed by atoms with Crippen LogP contribution in [-0.2, 0) is 0 Å². The van der Waals surface area contributed by atoms with E-state index in [1.54, 1.807) is 54.7 Å². The Morgan fingerprint density at radius 1 is 0.778 bits per heavy atom. The lowest BCUT2D eigenvalue weighted by molar-refractivity contribution is 0.102. The lowest BCUT2D eigenvalue weighted by Crippen LogP contribution is -2.12. The summed E-state index contributed by atoms with van der Waals surface area (Å²) in [5.74, 6) is 2.21. The standard InChI is InChI=1S/C27H21N7O2/c28-27-31-17-30-25(34-27)23-10-5-15-29-24(23)32-20-7-4-6-18(16-20)26(35)33-19-11-13-22(14-12-19)36-21-8-2-1-3-9-21/h1-17H,(H,29,32)(H,33,35)(H2,28,30,31,34). The largest absolute Gasteiger partial charge is 0.457 e. The van der Waals surface area contributed by atoms with E-state index in [0.29, 0.717) is 39.9 Å². The number of aromatic nitrogens is 4. The van der Waals surface area contributed by atoms with Crippen LogP contribution in [0.3, 0.4) is 0 Å². The maximum atomic E-state index is 12.9. The molecule has 0 aliphatic heterocycles. The molecule has 1 amide bonds. The third-order valence-electron chi connectivity index (χ3n) is 5.12. The van der Waals surface area contributed by atoms with Crippen molar-refractivity contribution in [2.45, 2.75) is 0 Å². The second-order valence-electron chi connectivity index (χ2n) is 7.67. The molecule has 0 saturated carbocycles. The number of amides is 1. The Bertz CT molecular complexity index is 1490. The molecule has 0 aliphatic rings. The average molecular weight is 476 g/mol. The molecular weight excluding hydrogens is 454 g/mol. The molecular formula is C27H21N7O2. The Morgan fingerprint density at radius 2 is 1.58 bits per heavy atom. The van der Waals surface area contributed by atoms with Crippen LogP contribution in [0.5, 0.6) is 11.5 Å². The van der Waals surface area contributed by atoms with E-state index in [4.69, 9.17) is 10.5 Å². The fourth-order valence-corrected chi connectivity index (χ4v) is 3.43. The molecule has 0 aliphatic carbocycles. The van der Waals surface area contributed by atoms with Crippen molar-refractivity contribution in [3.8, 4) is 22.9 Å². The molecule has 2 heterocycles. The smallest absolute Gasteiger partial charge is 0.255 e. The van der Waals surface area contributed by atoms with Crippen LogP contribution in [0.2, 0.25) is 0 Å². The van der Waals surface area contributed by atoms with Crippen molar-refractivity contribution in [1.82, 2.24) is 19.9 Å². The quantitative estimate of drug-likeness (QED) is 0.289. The monoisotopic (exact) mass is 475 g/mol. The Balaban J connectivity index is 1.29. The van der Waals surface area contributed by atoms with Gasteiger partial charge in [0.1, 0.15) is 23.6 Å². The Hall–Kier alpha value is -5.31. The number of hydrogen-bond acceptors (Lipinski definition) is 8. The summed E-state index contributed by atoms with van der Waals surface area (Å²) in [6, 6.07) is 27.4. The predicted molar refractivity (Wildman–Crippen MR) is 138 cm³/mol. The van der Waals surface area contributed by atoms with Gasteiger partial charge in [-0.15, -0.1) is 0 Å². The molecule has 9 heteroatoms. The third-order valence-corrected chi connectivity index (χ3v) is 5.12. The molecule has 5 aromatic rings. The first-order valence-electron chi connectivity index (χ1n) is 11.1. The van der Waals surface area contributed by atoms with Gasteiger partial charge >= 0.3 is 0 Å². The molecule has 0 unspecified atom stereocenters. The van der Waals surface area contributed by atoms with Gasteiger partial charge in [-0.25, -0.2) is 15.0 Å². The summed E-state index contributed by atoms with van der Waals surface area (Å²) < 4.78 is 5.80. The van der Waals surface area contributed by atoms with Gasteiger partial charge in [-0.3, -0.25) is 4.79 Å². The van der Waals surface area contributed by atoms with Crippen molar-refractivity contribution in [3.63, 3.8) is 0 Å². The molecule has 3 aromatic carbocycles. The molecule has 36 heavy (non-hydrogen) atoms. The summed E-state index contributed by atoms with van der Waals surface area (Å²) in [4.78, 5) is 29.5. The van der Waals surface area contributed by atoms with Crippen LogP contribution in [0.4, 0.5) is 23.1 Å². The van der Waals surface area contributed by atoms with Gasteiger partial charge in [-0.2, -0.15) is 4.98 Å². The fourth-order valence-electron chi connectivity index (χ4n) is 3.43. The summed E-state index contributed by atoms with van der Waals surface area (Å²) in [7, 11) is 0. The van der Waals surface area contributed by atoms with Crippen LogP contribution < -0.4 is 21.1 Å². The molecule has 0 atom stereocenters. The number of nitrogens with two attached hydrogens (primary N) is 1. The second-order valence-corrected chi connectivity index (χ2v) is 7.67. The number of nitrogen functional groups attached to an aromatic ring is 1. The van der Waals surface area contributed by atoms with E-state index in [0.717, 1.165) is 5.75 Å². The fraction of sp³-hybridized carbons (Fsp3) is 0. The SMILES string of the molecule is Nc1ncnc(-c2cccnc2Nc2cccc(C(=O)Nc3ccc(Oc4ccccc4)cc3)c2)n1. The number of pyridine rings is 1. The molecule has 0 fully saturated rings. The first-order valence-corrected chi connectivity index (χ1v) is 11.1. The first-order chi connectivity index (χ1) is 17.6. The predicted octanol–water partition coefficient (Wildman–Crippen LogP) is 5.30.